The van der Waals surface area contributed by atoms with Crippen LogP contribution < -0.4 is 16.0 Å². The second-order valence-corrected chi connectivity index (χ2v) is 10.3. The zero-order valence-corrected chi connectivity index (χ0v) is 24.4. The molecule has 1 atom stereocenters. The highest BCUT2D eigenvalue weighted by atomic mass is 16.6. The Kier molecular flexibility index (Phi) is 10.4. The van der Waals surface area contributed by atoms with E-state index in [1.165, 1.54) is 11.0 Å². The Balaban J connectivity index is 1.15. The summed E-state index contributed by atoms with van der Waals surface area (Å²) in [5, 5.41) is 17.0. The number of ether oxygens (including phenoxy) is 3. The summed E-state index contributed by atoms with van der Waals surface area (Å²) in [4.78, 5) is 68.7. The monoisotopic (exact) mass is 619 g/mol. The van der Waals surface area contributed by atoms with Crippen molar-refractivity contribution in [2.75, 3.05) is 51.7 Å². The number of amides is 5. The fraction of sp³-hybridized carbons (Fsp3) is 0.355. The summed E-state index contributed by atoms with van der Waals surface area (Å²) in [5.74, 6) is -1.99. The van der Waals surface area contributed by atoms with Gasteiger partial charge >= 0.3 is 0 Å². The van der Waals surface area contributed by atoms with Crippen LogP contribution in [0.5, 0.6) is 0 Å². The van der Waals surface area contributed by atoms with Crippen LogP contribution in [0.15, 0.2) is 48.5 Å². The van der Waals surface area contributed by atoms with Gasteiger partial charge in [-0.2, -0.15) is 0 Å². The molecule has 14 heteroatoms. The van der Waals surface area contributed by atoms with Crippen molar-refractivity contribution in [3.63, 3.8) is 0 Å². The maximum atomic E-state index is 13.1. The van der Waals surface area contributed by atoms with E-state index in [1.54, 1.807) is 42.5 Å². The number of nitrogens with one attached hydrogen (secondary N) is 3. The highest BCUT2D eigenvalue weighted by Crippen LogP contribution is 2.29. The minimum atomic E-state index is -0.724. The van der Waals surface area contributed by atoms with Gasteiger partial charge in [0.25, 0.3) is 17.7 Å². The van der Waals surface area contributed by atoms with E-state index in [9.17, 15) is 24.0 Å². The largest absolute Gasteiger partial charge is 0.377 e. The molecule has 4 N–H and O–H groups in total. The predicted octanol–water partition coefficient (Wildman–Crippen LogP) is 0.978. The molecule has 45 heavy (non-hydrogen) atoms. The van der Waals surface area contributed by atoms with Gasteiger partial charge in [-0.25, -0.2) is 4.98 Å². The molecule has 1 aromatic heterocycles. The van der Waals surface area contributed by atoms with Crippen LogP contribution in [0.1, 0.15) is 49.6 Å². The number of hydrogen-bond donors (Lipinski definition) is 4. The maximum Gasteiger partial charge on any atom is 0.274 e. The number of hydrogen-bond acceptors (Lipinski definition) is 10. The van der Waals surface area contributed by atoms with Crippen LogP contribution in [-0.4, -0.2) is 96.9 Å². The van der Waals surface area contributed by atoms with Crippen LogP contribution in [-0.2, 0) is 30.3 Å². The van der Waals surface area contributed by atoms with Gasteiger partial charge in [0.2, 0.25) is 11.8 Å². The summed E-state index contributed by atoms with van der Waals surface area (Å²) < 4.78 is 15.5. The molecule has 5 rings (SSSR count). The van der Waals surface area contributed by atoms with E-state index in [0.717, 1.165) is 5.56 Å². The van der Waals surface area contributed by atoms with E-state index >= 15 is 0 Å². The number of aliphatic hydroxyl groups excluding tert-OH is 1. The van der Waals surface area contributed by atoms with Crippen molar-refractivity contribution in [1.82, 2.24) is 20.5 Å². The number of anilines is 1. The Morgan fingerprint density at radius 3 is 2.51 bits per heavy atom. The number of imide groups is 1. The number of nitrogens with zero attached hydrogens (tertiary/aromatic N) is 2. The number of aliphatic hydroxyl groups is 1. The Morgan fingerprint density at radius 1 is 0.956 bits per heavy atom. The van der Waals surface area contributed by atoms with E-state index in [4.69, 9.17) is 19.3 Å². The van der Waals surface area contributed by atoms with Crippen LogP contribution in [0, 0.1) is 0 Å². The summed E-state index contributed by atoms with van der Waals surface area (Å²) in [7, 11) is 0. The molecule has 0 bridgehead atoms. The molecule has 3 aromatic rings. The zero-order valence-electron chi connectivity index (χ0n) is 24.4. The first-order chi connectivity index (χ1) is 21.9. The maximum absolute atomic E-state index is 13.1. The Bertz CT molecular complexity index is 1610. The molecule has 0 aliphatic carbocycles. The molecular weight excluding hydrogens is 586 g/mol. The lowest BCUT2D eigenvalue weighted by molar-refractivity contribution is -0.136. The van der Waals surface area contributed by atoms with Gasteiger partial charge in [0.05, 0.1) is 38.6 Å². The van der Waals surface area contributed by atoms with Crippen molar-refractivity contribution in [3.8, 4) is 0 Å². The first-order valence-electron chi connectivity index (χ1n) is 14.5. The molecule has 1 fully saturated rings. The van der Waals surface area contributed by atoms with E-state index in [2.05, 4.69) is 20.9 Å². The van der Waals surface area contributed by atoms with Gasteiger partial charge < -0.3 is 34.9 Å². The molecule has 0 radical (unpaired) electrons. The van der Waals surface area contributed by atoms with Gasteiger partial charge in [0.15, 0.2) is 0 Å². The van der Waals surface area contributed by atoms with Crippen molar-refractivity contribution in [3.05, 3.63) is 70.9 Å². The minimum Gasteiger partial charge on any atom is -0.377 e. The van der Waals surface area contributed by atoms with E-state index < -0.39 is 17.9 Å². The molecular formula is C31H33N5O9. The summed E-state index contributed by atoms with van der Waals surface area (Å²) in [6.45, 7) is 1.82. The van der Waals surface area contributed by atoms with E-state index in [0.29, 0.717) is 60.8 Å². The second kappa shape index (κ2) is 14.8. The Labute approximate surface area is 258 Å². The van der Waals surface area contributed by atoms with Crippen molar-refractivity contribution < 1.29 is 43.3 Å². The first-order valence-corrected chi connectivity index (χ1v) is 14.5. The lowest BCUT2D eigenvalue weighted by Crippen LogP contribution is -2.52. The highest BCUT2D eigenvalue weighted by molar-refractivity contribution is 6.09. The molecule has 236 valence electrons. The fourth-order valence-electron chi connectivity index (χ4n) is 5.14. The molecule has 3 heterocycles. The number of fused-ring (bicyclic) bond motifs is 2. The molecule has 2 aliphatic rings. The molecule has 2 aliphatic heterocycles. The number of carbonyl (C=O) groups is 5. The van der Waals surface area contributed by atoms with Gasteiger partial charge in [-0.05, 0) is 48.4 Å². The fourth-order valence-corrected chi connectivity index (χ4v) is 5.14. The van der Waals surface area contributed by atoms with Crippen LogP contribution >= 0.6 is 0 Å². The van der Waals surface area contributed by atoms with Gasteiger partial charge in [-0.15, -0.1) is 0 Å². The average molecular weight is 620 g/mol. The van der Waals surface area contributed by atoms with Crippen molar-refractivity contribution in [1.29, 1.82) is 0 Å². The molecule has 0 spiro atoms. The number of pyridine rings is 1. The SMILES string of the molecule is O=C1CCC(N2Cc3ccc(NC(=O)c4ccc5c(C(=O)NCCOCCOCCOCO)cccc5n4)cc3C2=O)C(=O)N1. The number of benzene rings is 2. The van der Waals surface area contributed by atoms with Crippen LogP contribution in [0.2, 0.25) is 0 Å². The van der Waals surface area contributed by atoms with E-state index in [-0.39, 0.29) is 56.1 Å². The van der Waals surface area contributed by atoms with Crippen molar-refractivity contribution in [2.45, 2.75) is 25.4 Å². The van der Waals surface area contributed by atoms with Crippen LogP contribution in [0.4, 0.5) is 5.69 Å². The summed E-state index contributed by atoms with van der Waals surface area (Å²) in [5.41, 5.74) is 2.46. The first kappa shape index (κ1) is 31.7. The quantitative estimate of drug-likeness (QED) is 0.115. The standard InChI is InChI=1S/C31H33N5O9/c37-18-45-15-14-44-13-12-43-11-10-32-28(39)22-2-1-3-24-21(22)6-7-25(34-24)29(40)33-20-5-4-19-17-36(31(42)23(19)16-20)26-8-9-27(38)35-30(26)41/h1-7,16,26,37H,8-15,17-18H2,(H,32,39)(H,33,40)(H,35,38,41). The average Bonchev–Trinajstić information content (AvgIpc) is 3.36. The molecule has 2 aromatic carbocycles. The van der Waals surface area contributed by atoms with Gasteiger partial charge in [0.1, 0.15) is 18.5 Å². The lowest BCUT2D eigenvalue weighted by Gasteiger charge is -2.29. The Hall–Kier alpha value is -4.76. The summed E-state index contributed by atoms with van der Waals surface area (Å²) >= 11 is 0. The summed E-state index contributed by atoms with van der Waals surface area (Å²) in [6.07, 6.45) is 0.430. The van der Waals surface area contributed by atoms with E-state index in [1.807, 2.05) is 0 Å². The third-order valence-corrected chi connectivity index (χ3v) is 7.36. The lowest BCUT2D eigenvalue weighted by atomic mass is 10.0. The topological polar surface area (TPSA) is 185 Å². The van der Waals surface area contributed by atoms with Crippen LogP contribution in [0.25, 0.3) is 10.9 Å². The number of rotatable bonds is 14. The van der Waals surface area contributed by atoms with Gasteiger partial charge in [-0.3, -0.25) is 29.3 Å². The molecule has 5 amide bonds. The zero-order chi connectivity index (χ0) is 31.8. The molecule has 0 saturated carbocycles. The normalized spacial score (nSPS) is 16.1. The van der Waals surface area contributed by atoms with Crippen LogP contribution in [0.3, 0.4) is 0 Å². The smallest absolute Gasteiger partial charge is 0.274 e. The Morgan fingerprint density at radius 2 is 1.73 bits per heavy atom. The molecule has 1 unspecified atom stereocenters. The number of piperidine rings is 1. The predicted molar refractivity (Wildman–Crippen MR) is 159 cm³/mol. The van der Waals surface area contributed by atoms with Crippen molar-refractivity contribution >= 4 is 46.1 Å². The third-order valence-electron chi connectivity index (χ3n) is 7.36. The minimum absolute atomic E-state index is 0.121. The third kappa shape index (κ3) is 7.67. The molecule has 14 nitrogen and oxygen atoms in total. The highest BCUT2D eigenvalue weighted by Gasteiger charge is 2.39. The molecule has 1 saturated heterocycles. The number of aromatic nitrogens is 1. The second-order valence-electron chi connectivity index (χ2n) is 10.3. The van der Waals surface area contributed by atoms with Gasteiger partial charge in [-0.1, -0.05) is 12.1 Å². The van der Waals surface area contributed by atoms with Crippen molar-refractivity contribution in [2.24, 2.45) is 0 Å². The van der Waals surface area contributed by atoms with Gasteiger partial charge in [0, 0.05) is 41.7 Å². The number of carbonyl (C=O) groups excluding carboxylic acids is 5. The summed E-state index contributed by atoms with van der Waals surface area (Å²) in [6, 6.07) is 12.5.